The molecule has 0 saturated carbocycles. The predicted octanol–water partition coefficient (Wildman–Crippen LogP) is 5.28. The van der Waals surface area contributed by atoms with Gasteiger partial charge in [-0.05, 0) is 52.3 Å². The molecule has 3 aromatic rings. The Morgan fingerprint density at radius 1 is 1.12 bits per heavy atom. The molecule has 0 saturated heterocycles. The van der Waals surface area contributed by atoms with Crippen LogP contribution in [-0.2, 0) is 6.42 Å². The summed E-state index contributed by atoms with van der Waals surface area (Å²) < 4.78 is 17.5. The van der Waals surface area contributed by atoms with Gasteiger partial charge in [0.1, 0.15) is 39.6 Å². The molecule has 0 amide bonds. The summed E-state index contributed by atoms with van der Waals surface area (Å²) in [4.78, 5) is 13.7. The molecule has 1 aromatic heterocycles. The number of benzene rings is 2. The smallest absolute Gasteiger partial charge is 0.200 e. The number of fused-ring (bicyclic) bond motifs is 2. The fraction of sp³-hybridized carbons (Fsp3) is 0.269. The predicted molar refractivity (Wildman–Crippen MR) is 126 cm³/mol. The highest BCUT2D eigenvalue weighted by molar-refractivity contribution is 5.93. The maximum Gasteiger partial charge on any atom is 0.200 e. The molecule has 4 rings (SSSR count). The minimum absolute atomic E-state index is 0.0459. The van der Waals surface area contributed by atoms with Crippen LogP contribution in [0.2, 0.25) is 0 Å². The van der Waals surface area contributed by atoms with Gasteiger partial charge in [0.15, 0.2) is 11.5 Å². The van der Waals surface area contributed by atoms with Crippen LogP contribution >= 0.6 is 0 Å². The molecule has 2 heterocycles. The summed E-state index contributed by atoms with van der Waals surface area (Å²) in [5, 5.41) is 31.1. The van der Waals surface area contributed by atoms with Crippen molar-refractivity contribution in [2.75, 3.05) is 7.11 Å². The maximum absolute atomic E-state index is 13.7. The van der Waals surface area contributed by atoms with Gasteiger partial charge in [-0.15, -0.1) is 0 Å². The Kier molecular flexibility index (Phi) is 5.36. The lowest BCUT2D eigenvalue weighted by Gasteiger charge is -2.28. The Labute approximate surface area is 190 Å². The fourth-order valence-electron chi connectivity index (χ4n) is 3.82. The summed E-state index contributed by atoms with van der Waals surface area (Å²) in [6.07, 6.45) is 5.65. The first-order valence-electron chi connectivity index (χ1n) is 10.5. The number of aromatic hydroxyl groups is 3. The maximum atomic E-state index is 13.7. The van der Waals surface area contributed by atoms with E-state index in [1.807, 2.05) is 39.8 Å². The van der Waals surface area contributed by atoms with E-state index in [2.05, 4.69) is 0 Å². The molecule has 3 N–H and O–H groups in total. The van der Waals surface area contributed by atoms with E-state index in [9.17, 15) is 20.1 Å². The molecule has 2 aromatic carbocycles. The lowest BCUT2D eigenvalue weighted by Crippen LogP contribution is -2.27. The van der Waals surface area contributed by atoms with Gasteiger partial charge in [0.25, 0.3) is 0 Å². The van der Waals surface area contributed by atoms with Gasteiger partial charge in [-0.1, -0.05) is 11.6 Å². The van der Waals surface area contributed by atoms with Crippen molar-refractivity contribution >= 4 is 17.0 Å². The molecule has 0 unspecified atom stereocenters. The van der Waals surface area contributed by atoms with Gasteiger partial charge >= 0.3 is 0 Å². The van der Waals surface area contributed by atoms with E-state index in [1.165, 1.54) is 19.2 Å². The highest BCUT2D eigenvalue weighted by Crippen LogP contribution is 2.44. The summed E-state index contributed by atoms with van der Waals surface area (Å²) in [6.45, 7) is 7.57. The van der Waals surface area contributed by atoms with E-state index in [0.29, 0.717) is 16.9 Å². The number of rotatable bonds is 4. The zero-order valence-corrected chi connectivity index (χ0v) is 19.1. The lowest BCUT2D eigenvalue weighted by molar-refractivity contribution is 0.158. The van der Waals surface area contributed by atoms with Crippen molar-refractivity contribution in [3.63, 3.8) is 0 Å². The number of phenolic OH excluding ortho intramolecular Hbond substituents is 3. The third kappa shape index (κ3) is 3.91. The molecule has 0 bridgehead atoms. The highest BCUT2D eigenvalue weighted by Gasteiger charge is 2.28. The molecule has 0 spiro atoms. The standard InChI is InChI=1S/C26H26O7/c1-13(2)6-7-15-24(30)22-21(12-20-14(23(22)29)8-9-26(3,4)33-20)32-25(15)16-10-17(27)18(28)11-19(16)31-5/h6,8-12,27-29H,7H2,1-5H3. The van der Waals surface area contributed by atoms with Crippen molar-refractivity contribution in [2.24, 2.45) is 0 Å². The molecule has 0 atom stereocenters. The molecule has 0 aliphatic carbocycles. The van der Waals surface area contributed by atoms with E-state index in [1.54, 1.807) is 12.1 Å². The summed E-state index contributed by atoms with van der Waals surface area (Å²) in [5.41, 5.74) is 1.12. The number of hydrogen-bond donors (Lipinski definition) is 3. The number of hydrogen-bond acceptors (Lipinski definition) is 7. The van der Waals surface area contributed by atoms with Crippen LogP contribution in [0.15, 0.2) is 45.1 Å². The van der Waals surface area contributed by atoms with Gasteiger partial charge in [-0.2, -0.15) is 0 Å². The van der Waals surface area contributed by atoms with E-state index in [0.717, 1.165) is 5.57 Å². The van der Waals surface area contributed by atoms with Gasteiger partial charge < -0.3 is 29.2 Å². The number of ether oxygens (including phenoxy) is 2. The molecular formula is C26H26O7. The van der Waals surface area contributed by atoms with Gasteiger partial charge in [0, 0.05) is 17.7 Å². The molecule has 7 nitrogen and oxygen atoms in total. The molecule has 0 radical (unpaired) electrons. The Bertz CT molecular complexity index is 1390. The first-order valence-corrected chi connectivity index (χ1v) is 10.5. The SMILES string of the molecule is COc1cc(O)c(O)cc1-c1oc2cc3c(c(O)c2c(=O)c1CC=C(C)C)C=CC(C)(C)O3. The normalized spacial score (nSPS) is 14.0. The Morgan fingerprint density at radius 3 is 2.48 bits per heavy atom. The number of allylic oxidation sites excluding steroid dienone is 2. The average Bonchev–Trinajstić information content (AvgIpc) is 2.73. The number of methoxy groups -OCH3 is 1. The minimum atomic E-state index is -0.592. The van der Waals surface area contributed by atoms with Crippen LogP contribution in [0.1, 0.15) is 38.8 Å². The molecule has 33 heavy (non-hydrogen) atoms. The first kappa shape index (κ1) is 22.3. The fourth-order valence-corrected chi connectivity index (χ4v) is 3.82. The molecule has 7 heteroatoms. The quantitative estimate of drug-likeness (QED) is 0.366. The van der Waals surface area contributed by atoms with Gasteiger partial charge in [0.05, 0.1) is 18.2 Å². The van der Waals surface area contributed by atoms with Crippen LogP contribution in [-0.4, -0.2) is 28.0 Å². The Hall–Kier alpha value is -3.87. The lowest BCUT2D eigenvalue weighted by atomic mass is 9.96. The molecule has 172 valence electrons. The van der Waals surface area contributed by atoms with Gasteiger partial charge in [-0.3, -0.25) is 4.79 Å². The van der Waals surface area contributed by atoms with E-state index >= 15 is 0 Å². The number of phenols is 3. The zero-order chi connectivity index (χ0) is 24.1. The second kappa shape index (κ2) is 7.92. The summed E-state index contributed by atoms with van der Waals surface area (Å²) >= 11 is 0. The third-order valence-corrected chi connectivity index (χ3v) is 5.53. The molecule has 1 aliphatic rings. The largest absolute Gasteiger partial charge is 0.506 e. The highest BCUT2D eigenvalue weighted by atomic mass is 16.5. The van der Waals surface area contributed by atoms with Crippen molar-refractivity contribution in [3.8, 4) is 40.1 Å². The second-order valence-electron chi connectivity index (χ2n) is 8.81. The van der Waals surface area contributed by atoms with Crippen molar-refractivity contribution in [1.29, 1.82) is 0 Å². The van der Waals surface area contributed by atoms with E-state index in [-0.39, 0.29) is 51.7 Å². The second-order valence-corrected chi connectivity index (χ2v) is 8.81. The van der Waals surface area contributed by atoms with Crippen LogP contribution in [0.4, 0.5) is 0 Å². The summed E-state index contributed by atoms with van der Waals surface area (Å²) in [5.74, 6) is -0.188. The topological polar surface area (TPSA) is 109 Å². The van der Waals surface area contributed by atoms with Gasteiger partial charge in [0.2, 0.25) is 5.43 Å². The monoisotopic (exact) mass is 450 g/mol. The van der Waals surface area contributed by atoms with Crippen molar-refractivity contribution < 1.29 is 29.2 Å². The van der Waals surface area contributed by atoms with Crippen molar-refractivity contribution in [3.05, 3.63) is 57.3 Å². The Morgan fingerprint density at radius 2 is 1.82 bits per heavy atom. The van der Waals surface area contributed by atoms with E-state index < -0.39 is 11.0 Å². The summed E-state index contributed by atoms with van der Waals surface area (Å²) in [6, 6.07) is 4.11. The Balaban J connectivity index is 2.10. The van der Waals surface area contributed by atoms with Gasteiger partial charge in [-0.25, -0.2) is 0 Å². The molecular weight excluding hydrogens is 424 g/mol. The zero-order valence-electron chi connectivity index (χ0n) is 19.1. The molecule has 1 aliphatic heterocycles. The van der Waals surface area contributed by atoms with Crippen LogP contribution in [0.5, 0.6) is 28.7 Å². The third-order valence-electron chi connectivity index (χ3n) is 5.53. The van der Waals surface area contributed by atoms with Crippen LogP contribution in [0.3, 0.4) is 0 Å². The molecule has 0 fully saturated rings. The van der Waals surface area contributed by atoms with Crippen molar-refractivity contribution in [2.45, 2.75) is 39.7 Å². The summed E-state index contributed by atoms with van der Waals surface area (Å²) in [7, 11) is 1.41. The first-order chi connectivity index (χ1) is 15.5. The van der Waals surface area contributed by atoms with Crippen molar-refractivity contribution in [1.82, 2.24) is 0 Å². The van der Waals surface area contributed by atoms with E-state index in [4.69, 9.17) is 13.9 Å². The average molecular weight is 450 g/mol. The van der Waals surface area contributed by atoms with Crippen LogP contribution < -0.4 is 14.9 Å². The van der Waals surface area contributed by atoms with Crippen LogP contribution in [0.25, 0.3) is 28.4 Å². The minimum Gasteiger partial charge on any atom is -0.506 e. The van der Waals surface area contributed by atoms with Crippen LogP contribution in [0, 0.1) is 0 Å².